The van der Waals surface area contributed by atoms with Crippen LogP contribution in [0.4, 0.5) is 11.4 Å². The molecule has 3 heteroatoms. The molecule has 0 spiro atoms. The Balaban J connectivity index is 1.95. The first-order valence-corrected chi connectivity index (χ1v) is 7.25. The molecule has 0 saturated carbocycles. The van der Waals surface area contributed by atoms with E-state index in [1.165, 1.54) is 0 Å². The number of nitrogens with one attached hydrogen (secondary N) is 2. The highest BCUT2D eigenvalue weighted by Crippen LogP contribution is 2.15. The molecule has 2 N–H and O–H groups in total. The number of rotatable bonds is 5. The largest absolute Gasteiger partial charge is 0.383 e. The third kappa shape index (κ3) is 4.63. The monoisotopic (exact) mass is 282 g/mol. The second kappa shape index (κ2) is 6.93. The third-order valence-corrected chi connectivity index (χ3v) is 3.24. The van der Waals surface area contributed by atoms with E-state index in [2.05, 4.69) is 24.5 Å². The summed E-state index contributed by atoms with van der Waals surface area (Å²) < 4.78 is 0. The van der Waals surface area contributed by atoms with Crippen molar-refractivity contribution in [1.29, 1.82) is 0 Å². The third-order valence-electron chi connectivity index (χ3n) is 3.24. The molecule has 0 atom stereocenters. The number of hydrogen-bond donors (Lipinski definition) is 2. The van der Waals surface area contributed by atoms with Crippen LogP contribution in [0.1, 0.15) is 25.0 Å². The highest BCUT2D eigenvalue weighted by molar-refractivity contribution is 5.92. The van der Waals surface area contributed by atoms with Crippen LogP contribution in [0.25, 0.3) is 0 Å². The van der Waals surface area contributed by atoms with Gasteiger partial charge in [-0.3, -0.25) is 4.79 Å². The SMILES string of the molecule is Cc1ccccc1CC(=O)Nc1ccc(NC(C)C)cc1. The van der Waals surface area contributed by atoms with Crippen LogP contribution in [0.15, 0.2) is 48.5 Å². The van der Waals surface area contributed by atoms with E-state index in [1.54, 1.807) is 0 Å². The van der Waals surface area contributed by atoms with Gasteiger partial charge in [-0.05, 0) is 56.2 Å². The highest BCUT2D eigenvalue weighted by Gasteiger charge is 2.06. The minimum absolute atomic E-state index is 0.00821. The topological polar surface area (TPSA) is 41.1 Å². The second-order valence-electron chi connectivity index (χ2n) is 5.53. The number of aryl methyl sites for hydroxylation is 1. The molecule has 0 aliphatic carbocycles. The summed E-state index contributed by atoms with van der Waals surface area (Å²) in [7, 11) is 0. The van der Waals surface area contributed by atoms with Crippen molar-refractivity contribution >= 4 is 17.3 Å². The fraction of sp³-hybridized carbons (Fsp3) is 0.278. The van der Waals surface area contributed by atoms with Crippen LogP contribution < -0.4 is 10.6 Å². The van der Waals surface area contributed by atoms with Gasteiger partial charge in [0, 0.05) is 17.4 Å². The Bertz CT molecular complexity index is 603. The lowest BCUT2D eigenvalue weighted by Crippen LogP contribution is -2.15. The van der Waals surface area contributed by atoms with Gasteiger partial charge in [0.1, 0.15) is 0 Å². The standard InChI is InChI=1S/C18H22N2O/c1-13(2)19-16-8-10-17(11-9-16)20-18(21)12-15-7-5-4-6-14(15)3/h4-11,13,19H,12H2,1-3H3,(H,20,21). The zero-order chi connectivity index (χ0) is 15.2. The Kier molecular flexibility index (Phi) is 4.99. The van der Waals surface area contributed by atoms with Crippen LogP contribution in [0.2, 0.25) is 0 Å². The summed E-state index contributed by atoms with van der Waals surface area (Å²) in [5, 5.41) is 6.25. The lowest BCUT2D eigenvalue weighted by molar-refractivity contribution is -0.115. The van der Waals surface area contributed by atoms with Crippen LogP contribution in [-0.4, -0.2) is 11.9 Å². The minimum Gasteiger partial charge on any atom is -0.383 e. The molecule has 3 nitrogen and oxygen atoms in total. The van der Waals surface area contributed by atoms with Gasteiger partial charge >= 0.3 is 0 Å². The van der Waals surface area contributed by atoms with E-state index in [0.717, 1.165) is 22.5 Å². The summed E-state index contributed by atoms with van der Waals surface area (Å²) in [4.78, 5) is 12.1. The molecule has 0 heterocycles. The molecule has 2 aromatic rings. The van der Waals surface area contributed by atoms with Crippen molar-refractivity contribution in [2.75, 3.05) is 10.6 Å². The van der Waals surface area contributed by atoms with Gasteiger partial charge in [-0.15, -0.1) is 0 Å². The number of amides is 1. The Morgan fingerprint density at radius 2 is 1.62 bits per heavy atom. The summed E-state index contributed by atoms with van der Waals surface area (Å²) in [5.74, 6) is 0.00821. The molecular formula is C18H22N2O. The number of carbonyl (C=O) groups excluding carboxylic acids is 1. The van der Waals surface area contributed by atoms with E-state index in [0.29, 0.717) is 12.5 Å². The molecule has 0 aliphatic heterocycles. The summed E-state index contributed by atoms with van der Waals surface area (Å²) in [6.07, 6.45) is 0.401. The lowest BCUT2D eigenvalue weighted by Gasteiger charge is -2.11. The maximum Gasteiger partial charge on any atom is 0.228 e. The van der Waals surface area contributed by atoms with E-state index < -0.39 is 0 Å². The number of anilines is 2. The van der Waals surface area contributed by atoms with Crippen LogP contribution in [-0.2, 0) is 11.2 Å². The predicted octanol–water partition coefficient (Wildman–Crippen LogP) is 4.00. The molecular weight excluding hydrogens is 260 g/mol. The van der Waals surface area contributed by atoms with Crippen molar-refractivity contribution in [2.45, 2.75) is 33.2 Å². The molecule has 2 rings (SSSR count). The van der Waals surface area contributed by atoms with Gasteiger partial charge in [-0.2, -0.15) is 0 Å². The smallest absolute Gasteiger partial charge is 0.228 e. The molecule has 110 valence electrons. The van der Waals surface area contributed by atoms with Crippen molar-refractivity contribution in [3.05, 3.63) is 59.7 Å². The summed E-state index contributed by atoms with van der Waals surface area (Å²) in [6, 6.07) is 16.1. The first-order valence-electron chi connectivity index (χ1n) is 7.25. The van der Waals surface area contributed by atoms with E-state index in [9.17, 15) is 4.79 Å². The molecule has 0 aromatic heterocycles. The summed E-state index contributed by atoms with van der Waals surface area (Å²) >= 11 is 0. The Hall–Kier alpha value is -2.29. The zero-order valence-electron chi connectivity index (χ0n) is 12.8. The van der Waals surface area contributed by atoms with Gasteiger partial charge < -0.3 is 10.6 Å². The van der Waals surface area contributed by atoms with Gasteiger partial charge in [0.05, 0.1) is 6.42 Å². The van der Waals surface area contributed by atoms with Gasteiger partial charge in [0.25, 0.3) is 0 Å². The van der Waals surface area contributed by atoms with Crippen LogP contribution in [0.3, 0.4) is 0 Å². The normalized spacial score (nSPS) is 10.5. The minimum atomic E-state index is 0.00821. The maximum absolute atomic E-state index is 12.1. The summed E-state index contributed by atoms with van der Waals surface area (Å²) in [6.45, 7) is 6.21. The van der Waals surface area contributed by atoms with Gasteiger partial charge in [0.15, 0.2) is 0 Å². The molecule has 0 saturated heterocycles. The van der Waals surface area contributed by atoms with Crippen LogP contribution >= 0.6 is 0 Å². The maximum atomic E-state index is 12.1. The second-order valence-corrected chi connectivity index (χ2v) is 5.53. The van der Waals surface area contributed by atoms with Crippen LogP contribution in [0.5, 0.6) is 0 Å². The van der Waals surface area contributed by atoms with Crippen molar-refractivity contribution in [3.8, 4) is 0 Å². The van der Waals surface area contributed by atoms with Crippen molar-refractivity contribution in [3.63, 3.8) is 0 Å². The van der Waals surface area contributed by atoms with E-state index >= 15 is 0 Å². The molecule has 0 radical (unpaired) electrons. The van der Waals surface area contributed by atoms with Crippen LogP contribution in [0, 0.1) is 6.92 Å². The fourth-order valence-corrected chi connectivity index (χ4v) is 2.17. The van der Waals surface area contributed by atoms with Crippen molar-refractivity contribution in [1.82, 2.24) is 0 Å². The van der Waals surface area contributed by atoms with Crippen molar-refractivity contribution < 1.29 is 4.79 Å². The molecule has 21 heavy (non-hydrogen) atoms. The Labute approximate surface area is 126 Å². The average molecular weight is 282 g/mol. The molecule has 1 amide bonds. The Morgan fingerprint density at radius 1 is 1.00 bits per heavy atom. The number of hydrogen-bond acceptors (Lipinski definition) is 2. The number of carbonyl (C=O) groups is 1. The molecule has 2 aromatic carbocycles. The average Bonchev–Trinajstić information content (AvgIpc) is 2.43. The fourth-order valence-electron chi connectivity index (χ4n) is 2.17. The van der Waals surface area contributed by atoms with E-state index in [1.807, 2.05) is 55.5 Å². The predicted molar refractivity (Wildman–Crippen MR) is 88.7 cm³/mol. The molecule has 0 unspecified atom stereocenters. The van der Waals surface area contributed by atoms with Gasteiger partial charge in [0.2, 0.25) is 5.91 Å². The van der Waals surface area contributed by atoms with Gasteiger partial charge in [-0.25, -0.2) is 0 Å². The Morgan fingerprint density at radius 3 is 2.24 bits per heavy atom. The van der Waals surface area contributed by atoms with E-state index in [-0.39, 0.29) is 5.91 Å². The quantitative estimate of drug-likeness (QED) is 0.870. The lowest BCUT2D eigenvalue weighted by atomic mass is 10.1. The van der Waals surface area contributed by atoms with Gasteiger partial charge in [-0.1, -0.05) is 24.3 Å². The van der Waals surface area contributed by atoms with E-state index in [4.69, 9.17) is 0 Å². The molecule has 0 bridgehead atoms. The molecule has 0 fully saturated rings. The molecule has 0 aliphatic rings. The summed E-state index contributed by atoms with van der Waals surface area (Å²) in [5.41, 5.74) is 4.09. The zero-order valence-corrected chi connectivity index (χ0v) is 12.8. The number of benzene rings is 2. The van der Waals surface area contributed by atoms with Crippen molar-refractivity contribution in [2.24, 2.45) is 0 Å². The first-order chi connectivity index (χ1) is 10.0. The highest BCUT2D eigenvalue weighted by atomic mass is 16.1. The first kappa shape index (κ1) is 15.1.